The Morgan fingerprint density at radius 3 is 2.00 bits per heavy atom. The summed E-state index contributed by atoms with van der Waals surface area (Å²) in [5, 5.41) is 0. The highest BCUT2D eigenvalue weighted by Gasteiger charge is 2.41. The van der Waals surface area contributed by atoms with Gasteiger partial charge in [-0.1, -0.05) is 31.2 Å². The van der Waals surface area contributed by atoms with Crippen molar-refractivity contribution in [3.05, 3.63) is 95.5 Å². The molecule has 0 unspecified atom stereocenters. The van der Waals surface area contributed by atoms with Crippen molar-refractivity contribution in [3.8, 4) is 22.6 Å². The Labute approximate surface area is 178 Å². The van der Waals surface area contributed by atoms with Crippen molar-refractivity contribution < 1.29 is 40.2 Å². The minimum absolute atomic E-state index is 0.0444. The van der Waals surface area contributed by atoms with E-state index in [1.165, 1.54) is 0 Å². The molecule has 0 radical (unpaired) electrons. The van der Waals surface area contributed by atoms with Gasteiger partial charge in [0.25, 0.3) is 0 Å². The number of hydrogen-bond donors (Lipinski definition) is 0. The molecule has 168 valence electrons. The van der Waals surface area contributed by atoms with Crippen LogP contribution in [0.25, 0.3) is 11.1 Å². The summed E-state index contributed by atoms with van der Waals surface area (Å²) in [6.07, 6.45) is -6.04. The molecule has 32 heavy (non-hydrogen) atoms. The lowest BCUT2D eigenvalue weighted by Crippen LogP contribution is -2.25. The van der Waals surface area contributed by atoms with Crippen LogP contribution in [0.4, 0.5) is 30.7 Å². The number of halogens is 7. The third kappa shape index (κ3) is 5.22. The van der Waals surface area contributed by atoms with Crippen molar-refractivity contribution in [1.82, 2.24) is 0 Å². The van der Waals surface area contributed by atoms with Crippen molar-refractivity contribution in [3.63, 3.8) is 0 Å². The molecule has 0 aromatic heterocycles. The molecular formula is C23H15F7O2. The van der Waals surface area contributed by atoms with Gasteiger partial charge in [-0.15, -0.1) is 0 Å². The second kappa shape index (κ2) is 9.33. The molecule has 3 rings (SSSR count). The molecule has 0 N–H and O–H groups in total. The summed E-state index contributed by atoms with van der Waals surface area (Å²) in [4.78, 5) is 0. The van der Waals surface area contributed by atoms with Crippen molar-refractivity contribution in [2.75, 3.05) is 0 Å². The molecule has 3 aromatic rings. The van der Waals surface area contributed by atoms with Gasteiger partial charge in [-0.05, 0) is 47.4 Å². The van der Waals surface area contributed by atoms with E-state index in [1.54, 1.807) is 24.3 Å². The first-order chi connectivity index (χ1) is 15.1. The van der Waals surface area contributed by atoms with E-state index < -0.39 is 46.7 Å². The van der Waals surface area contributed by atoms with Gasteiger partial charge in [0, 0.05) is 6.07 Å². The van der Waals surface area contributed by atoms with Crippen LogP contribution in [0, 0.1) is 17.5 Å². The Bertz CT molecular complexity index is 1110. The quantitative estimate of drug-likeness (QED) is 0.270. The largest absolute Gasteiger partial charge is 0.456 e. The summed E-state index contributed by atoms with van der Waals surface area (Å²) < 4.78 is 105. The number of hydrogen-bond acceptors (Lipinski definition) is 2. The van der Waals surface area contributed by atoms with Gasteiger partial charge < -0.3 is 9.47 Å². The molecule has 0 spiro atoms. The fourth-order valence-electron chi connectivity index (χ4n) is 2.90. The molecule has 0 aliphatic carbocycles. The van der Waals surface area contributed by atoms with Crippen LogP contribution < -0.4 is 9.47 Å². The van der Waals surface area contributed by atoms with Crippen molar-refractivity contribution in [1.29, 1.82) is 0 Å². The summed E-state index contributed by atoms with van der Waals surface area (Å²) in [6.45, 7) is 1.93. The Kier molecular flexibility index (Phi) is 6.76. The van der Waals surface area contributed by atoms with Gasteiger partial charge in [-0.3, -0.25) is 0 Å². The smallest absolute Gasteiger partial charge is 0.432 e. The second-order valence-electron chi connectivity index (χ2n) is 6.60. The molecule has 0 aliphatic heterocycles. The first kappa shape index (κ1) is 23.2. The van der Waals surface area contributed by atoms with Crippen LogP contribution in [-0.4, -0.2) is 0 Å². The molecule has 0 atom stereocenters. The number of ether oxygens (including phenoxy) is 2. The van der Waals surface area contributed by atoms with Gasteiger partial charge in [0.1, 0.15) is 22.9 Å². The molecule has 0 aliphatic rings. The summed E-state index contributed by atoms with van der Waals surface area (Å²) in [6, 6.07) is 10.1. The van der Waals surface area contributed by atoms with E-state index in [9.17, 15) is 30.7 Å². The van der Waals surface area contributed by atoms with Gasteiger partial charge in [-0.2, -0.15) is 17.6 Å². The lowest BCUT2D eigenvalue weighted by Gasteiger charge is -2.20. The van der Waals surface area contributed by atoms with Crippen LogP contribution in [0.3, 0.4) is 0 Å². The first-order valence-corrected chi connectivity index (χ1v) is 9.23. The summed E-state index contributed by atoms with van der Waals surface area (Å²) >= 11 is 0. The maximum Gasteiger partial charge on any atom is 0.432 e. The van der Waals surface area contributed by atoms with Crippen molar-refractivity contribution in [2.24, 2.45) is 0 Å². The van der Waals surface area contributed by atoms with Crippen LogP contribution in [-0.2, 0) is 12.5 Å². The van der Waals surface area contributed by atoms with E-state index in [2.05, 4.69) is 9.47 Å². The zero-order valence-electron chi connectivity index (χ0n) is 16.4. The molecule has 0 heterocycles. The third-order valence-corrected chi connectivity index (χ3v) is 4.45. The highest BCUT2D eigenvalue weighted by Crippen LogP contribution is 2.38. The highest BCUT2D eigenvalue weighted by atomic mass is 19.3. The van der Waals surface area contributed by atoms with Crippen LogP contribution in [0.5, 0.6) is 11.5 Å². The molecule has 3 aromatic carbocycles. The summed E-state index contributed by atoms with van der Waals surface area (Å²) in [7, 11) is 0. The zero-order chi connectivity index (χ0) is 23.5. The zero-order valence-corrected chi connectivity index (χ0v) is 16.4. The van der Waals surface area contributed by atoms with Gasteiger partial charge in [0.15, 0.2) is 17.8 Å². The van der Waals surface area contributed by atoms with E-state index in [-0.39, 0.29) is 11.8 Å². The Balaban J connectivity index is 1.87. The predicted molar refractivity (Wildman–Crippen MR) is 103 cm³/mol. The monoisotopic (exact) mass is 456 g/mol. The van der Waals surface area contributed by atoms with Gasteiger partial charge >= 0.3 is 12.2 Å². The fourth-order valence-corrected chi connectivity index (χ4v) is 2.90. The second-order valence-corrected chi connectivity index (χ2v) is 6.60. The molecule has 0 bridgehead atoms. The molecule has 0 amide bonds. The van der Waals surface area contributed by atoms with E-state index in [4.69, 9.17) is 0 Å². The average molecular weight is 456 g/mol. The number of benzene rings is 3. The fraction of sp³-hybridized carbons (Fsp3) is 0.130. The van der Waals surface area contributed by atoms with Gasteiger partial charge in [-0.25, -0.2) is 13.2 Å². The summed E-state index contributed by atoms with van der Waals surface area (Å²) in [5.41, 5.74) is -0.203. The van der Waals surface area contributed by atoms with E-state index in [0.717, 1.165) is 36.2 Å². The minimum Gasteiger partial charge on any atom is -0.456 e. The Hall–Kier alpha value is -3.49. The Morgan fingerprint density at radius 1 is 0.844 bits per heavy atom. The Morgan fingerprint density at radius 2 is 1.47 bits per heavy atom. The number of aryl methyl sites for hydroxylation is 1. The van der Waals surface area contributed by atoms with Crippen molar-refractivity contribution in [2.45, 2.75) is 19.5 Å². The number of rotatable bonds is 7. The molecule has 0 saturated carbocycles. The van der Waals surface area contributed by atoms with Crippen LogP contribution in [0.15, 0.2) is 66.9 Å². The lowest BCUT2D eigenvalue weighted by molar-refractivity contribution is -0.189. The first-order valence-electron chi connectivity index (χ1n) is 9.23. The molecule has 0 fully saturated rings. The minimum atomic E-state index is -4.50. The molecule has 9 heteroatoms. The average Bonchev–Trinajstić information content (AvgIpc) is 2.72. The van der Waals surface area contributed by atoms with E-state index >= 15 is 0 Å². The SMILES string of the molecule is CCc1ccc(-c2cc(F)c(C(F)(F)Oc3ccc(OC=C(F)F)c(F)c3)c(F)c2)cc1. The van der Waals surface area contributed by atoms with Gasteiger partial charge in [0.05, 0.1) is 0 Å². The van der Waals surface area contributed by atoms with E-state index in [0.29, 0.717) is 11.6 Å². The molecule has 2 nitrogen and oxygen atoms in total. The third-order valence-electron chi connectivity index (χ3n) is 4.45. The van der Waals surface area contributed by atoms with Crippen LogP contribution in [0.1, 0.15) is 18.1 Å². The van der Waals surface area contributed by atoms with E-state index in [1.807, 2.05) is 6.92 Å². The molecule has 0 saturated heterocycles. The summed E-state index contributed by atoms with van der Waals surface area (Å²) in [5.74, 6) is -5.92. The lowest BCUT2D eigenvalue weighted by atomic mass is 10.0. The van der Waals surface area contributed by atoms with Gasteiger partial charge in [0.2, 0.25) is 0 Å². The normalized spacial score (nSPS) is 11.2. The number of alkyl halides is 2. The maximum atomic E-state index is 14.5. The topological polar surface area (TPSA) is 18.5 Å². The van der Waals surface area contributed by atoms with Crippen molar-refractivity contribution >= 4 is 0 Å². The highest BCUT2D eigenvalue weighted by molar-refractivity contribution is 5.64. The predicted octanol–water partition coefficient (Wildman–Crippen LogP) is 7.58. The van der Waals surface area contributed by atoms with Crippen LogP contribution >= 0.6 is 0 Å². The maximum absolute atomic E-state index is 14.5. The standard InChI is InChI=1S/C23H15F7O2/c1-2-13-3-5-14(6-4-13)15-9-18(25)22(19(26)10-15)23(29,30)32-16-7-8-20(17(24)11-16)31-12-21(27)28/h3-12H,2H2,1H3. The molecular weight excluding hydrogens is 441 g/mol. The van der Waals surface area contributed by atoms with Crippen LogP contribution in [0.2, 0.25) is 0 Å².